The van der Waals surface area contributed by atoms with Crippen molar-refractivity contribution in [3.63, 3.8) is 0 Å². The van der Waals surface area contributed by atoms with Crippen LogP contribution >= 0.6 is 0 Å². The van der Waals surface area contributed by atoms with E-state index in [0.717, 1.165) is 19.5 Å². The van der Waals surface area contributed by atoms with Gasteiger partial charge in [-0.1, -0.05) is 13.8 Å². The number of nitrogens with zero attached hydrogens (tertiary/aromatic N) is 1. The van der Waals surface area contributed by atoms with Crippen LogP contribution < -0.4 is 5.32 Å². The third-order valence-corrected chi connectivity index (χ3v) is 2.40. The van der Waals surface area contributed by atoms with Crippen molar-refractivity contribution in [3.05, 3.63) is 0 Å². The minimum absolute atomic E-state index is 0.276. The maximum absolute atomic E-state index is 11.8. The second-order valence-corrected chi connectivity index (χ2v) is 4.49. The molecule has 3 nitrogen and oxygen atoms in total. The van der Waals surface area contributed by atoms with Gasteiger partial charge in [0, 0.05) is 25.0 Å². The summed E-state index contributed by atoms with van der Waals surface area (Å²) in [6.45, 7) is 12.1. The van der Waals surface area contributed by atoms with E-state index in [-0.39, 0.29) is 5.91 Å². The van der Waals surface area contributed by atoms with Crippen molar-refractivity contribution >= 4 is 5.91 Å². The molecule has 0 aromatic heterocycles. The maximum Gasteiger partial charge on any atom is 0.222 e. The van der Waals surface area contributed by atoms with E-state index in [1.54, 1.807) is 0 Å². The predicted molar refractivity (Wildman–Crippen MR) is 64.9 cm³/mol. The molecule has 0 radical (unpaired) electrons. The van der Waals surface area contributed by atoms with Gasteiger partial charge in [-0.25, -0.2) is 0 Å². The Morgan fingerprint density at radius 3 is 2.27 bits per heavy atom. The summed E-state index contributed by atoms with van der Waals surface area (Å²) in [6, 6.07) is 0.827. The molecule has 0 aliphatic rings. The zero-order valence-electron chi connectivity index (χ0n) is 10.8. The SMILES string of the molecule is CCN(C(=O)CCCNC(C)C)C(C)C. The van der Waals surface area contributed by atoms with Crippen molar-refractivity contribution in [2.45, 2.75) is 59.5 Å². The number of hydrogen-bond acceptors (Lipinski definition) is 2. The van der Waals surface area contributed by atoms with Crippen molar-refractivity contribution in [3.8, 4) is 0 Å². The molecule has 1 amide bonds. The lowest BCUT2D eigenvalue weighted by atomic mass is 10.2. The van der Waals surface area contributed by atoms with Crippen LogP contribution in [0.3, 0.4) is 0 Å². The molecular formula is C12H26N2O. The normalized spacial score (nSPS) is 11.1. The van der Waals surface area contributed by atoms with Crippen LogP contribution in [0.1, 0.15) is 47.5 Å². The second-order valence-electron chi connectivity index (χ2n) is 4.49. The molecule has 0 aromatic rings. The van der Waals surface area contributed by atoms with Gasteiger partial charge in [0.2, 0.25) is 5.91 Å². The molecule has 90 valence electrons. The molecule has 1 N–H and O–H groups in total. The molecule has 15 heavy (non-hydrogen) atoms. The minimum Gasteiger partial charge on any atom is -0.341 e. The zero-order valence-corrected chi connectivity index (χ0v) is 10.8. The highest BCUT2D eigenvalue weighted by atomic mass is 16.2. The molecular weight excluding hydrogens is 188 g/mol. The van der Waals surface area contributed by atoms with Gasteiger partial charge in [-0.3, -0.25) is 4.79 Å². The summed E-state index contributed by atoms with van der Waals surface area (Å²) in [5, 5.41) is 3.32. The summed E-state index contributed by atoms with van der Waals surface area (Å²) >= 11 is 0. The lowest BCUT2D eigenvalue weighted by Crippen LogP contribution is -2.37. The van der Waals surface area contributed by atoms with Crippen molar-refractivity contribution in [2.75, 3.05) is 13.1 Å². The number of carbonyl (C=O) groups is 1. The highest BCUT2D eigenvalue weighted by Crippen LogP contribution is 2.02. The molecule has 3 heteroatoms. The Labute approximate surface area is 94.2 Å². The van der Waals surface area contributed by atoms with Crippen LogP contribution in [0.15, 0.2) is 0 Å². The average molecular weight is 214 g/mol. The van der Waals surface area contributed by atoms with E-state index in [2.05, 4.69) is 33.0 Å². The monoisotopic (exact) mass is 214 g/mol. The molecule has 0 aromatic carbocycles. The Morgan fingerprint density at radius 2 is 1.87 bits per heavy atom. The molecule has 0 bridgehead atoms. The van der Waals surface area contributed by atoms with Crippen molar-refractivity contribution in [1.29, 1.82) is 0 Å². The third-order valence-electron chi connectivity index (χ3n) is 2.40. The Morgan fingerprint density at radius 1 is 1.27 bits per heavy atom. The molecule has 0 aliphatic heterocycles. The molecule has 0 heterocycles. The van der Waals surface area contributed by atoms with E-state index in [1.165, 1.54) is 0 Å². The van der Waals surface area contributed by atoms with Crippen LogP contribution in [0.4, 0.5) is 0 Å². The van der Waals surface area contributed by atoms with Crippen LogP contribution in [-0.2, 0) is 4.79 Å². The first-order valence-electron chi connectivity index (χ1n) is 6.01. The summed E-state index contributed by atoms with van der Waals surface area (Å²) in [7, 11) is 0. The van der Waals surface area contributed by atoms with Crippen LogP contribution in [0.2, 0.25) is 0 Å². The van der Waals surface area contributed by atoms with Gasteiger partial charge in [-0.05, 0) is 33.7 Å². The highest BCUT2D eigenvalue weighted by Gasteiger charge is 2.13. The van der Waals surface area contributed by atoms with Gasteiger partial charge < -0.3 is 10.2 Å². The van der Waals surface area contributed by atoms with Crippen molar-refractivity contribution < 1.29 is 4.79 Å². The molecule has 0 unspecified atom stereocenters. The fourth-order valence-electron chi connectivity index (χ4n) is 1.60. The summed E-state index contributed by atoms with van der Waals surface area (Å²) < 4.78 is 0. The number of hydrogen-bond donors (Lipinski definition) is 1. The Hall–Kier alpha value is -0.570. The molecule has 0 saturated heterocycles. The average Bonchev–Trinajstić information content (AvgIpc) is 2.12. The van der Waals surface area contributed by atoms with Gasteiger partial charge in [-0.2, -0.15) is 0 Å². The van der Waals surface area contributed by atoms with Gasteiger partial charge in [0.1, 0.15) is 0 Å². The minimum atomic E-state index is 0.276. The van der Waals surface area contributed by atoms with E-state index in [0.29, 0.717) is 18.5 Å². The number of nitrogens with one attached hydrogen (secondary N) is 1. The van der Waals surface area contributed by atoms with E-state index in [4.69, 9.17) is 0 Å². The molecule has 0 atom stereocenters. The third kappa shape index (κ3) is 6.50. The maximum atomic E-state index is 11.8. The van der Waals surface area contributed by atoms with Gasteiger partial charge in [0.25, 0.3) is 0 Å². The molecule has 0 spiro atoms. The van der Waals surface area contributed by atoms with Crippen LogP contribution in [-0.4, -0.2) is 36.0 Å². The fraction of sp³-hybridized carbons (Fsp3) is 0.917. The van der Waals surface area contributed by atoms with Crippen LogP contribution in [0.5, 0.6) is 0 Å². The van der Waals surface area contributed by atoms with Crippen LogP contribution in [0.25, 0.3) is 0 Å². The van der Waals surface area contributed by atoms with Crippen LogP contribution in [0, 0.1) is 0 Å². The van der Waals surface area contributed by atoms with E-state index in [1.807, 2.05) is 11.8 Å². The zero-order chi connectivity index (χ0) is 11.8. The fourth-order valence-corrected chi connectivity index (χ4v) is 1.60. The lowest BCUT2D eigenvalue weighted by molar-refractivity contribution is -0.132. The van der Waals surface area contributed by atoms with Crippen molar-refractivity contribution in [1.82, 2.24) is 10.2 Å². The standard InChI is InChI=1S/C12H26N2O/c1-6-14(11(4)5)12(15)8-7-9-13-10(2)3/h10-11,13H,6-9H2,1-5H3. The molecule has 0 saturated carbocycles. The second kappa shape index (κ2) is 7.69. The number of rotatable bonds is 7. The summed E-state index contributed by atoms with van der Waals surface area (Å²) in [5.41, 5.74) is 0. The first kappa shape index (κ1) is 14.4. The molecule has 0 fully saturated rings. The quantitative estimate of drug-likeness (QED) is 0.658. The first-order chi connectivity index (χ1) is 6.99. The topological polar surface area (TPSA) is 32.3 Å². The van der Waals surface area contributed by atoms with Gasteiger partial charge in [0.15, 0.2) is 0 Å². The number of amides is 1. The highest BCUT2D eigenvalue weighted by molar-refractivity contribution is 5.76. The van der Waals surface area contributed by atoms with E-state index in [9.17, 15) is 4.79 Å². The molecule has 0 rings (SSSR count). The largest absolute Gasteiger partial charge is 0.341 e. The Balaban J connectivity index is 3.72. The smallest absolute Gasteiger partial charge is 0.222 e. The first-order valence-corrected chi connectivity index (χ1v) is 6.01. The van der Waals surface area contributed by atoms with Gasteiger partial charge >= 0.3 is 0 Å². The van der Waals surface area contributed by atoms with Gasteiger partial charge in [0.05, 0.1) is 0 Å². The van der Waals surface area contributed by atoms with E-state index >= 15 is 0 Å². The lowest BCUT2D eigenvalue weighted by Gasteiger charge is -2.25. The predicted octanol–water partition coefficient (Wildman–Crippen LogP) is 2.02. The Kier molecular flexibility index (Phi) is 7.39. The summed E-state index contributed by atoms with van der Waals surface area (Å²) in [6.07, 6.45) is 1.59. The molecule has 0 aliphatic carbocycles. The van der Waals surface area contributed by atoms with Crippen molar-refractivity contribution in [2.24, 2.45) is 0 Å². The summed E-state index contributed by atoms with van der Waals surface area (Å²) in [5.74, 6) is 0.276. The van der Waals surface area contributed by atoms with E-state index < -0.39 is 0 Å². The Bertz CT molecular complexity index is 178. The number of carbonyl (C=O) groups excluding carboxylic acids is 1. The summed E-state index contributed by atoms with van der Waals surface area (Å²) in [4.78, 5) is 13.7. The van der Waals surface area contributed by atoms with Gasteiger partial charge in [-0.15, -0.1) is 0 Å².